The van der Waals surface area contributed by atoms with Crippen LogP contribution in [0.3, 0.4) is 0 Å². The van der Waals surface area contributed by atoms with Gasteiger partial charge in [0.25, 0.3) is 0 Å². The second-order valence-corrected chi connectivity index (χ2v) is 14.6. The van der Waals surface area contributed by atoms with Gasteiger partial charge in [-0.2, -0.15) is 4.98 Å². The smallest absolute Gasteiger partial charge is 0.229 e. The number of ether oxygens (including phenoxy) is 2. The summed E-state index contributed by atoms with van der Waals surface area (Å²) in [5, 5.41) is 9.67. The average Bonchev–Trinajstić information content (AvgIpc) is 3.92. The number of aromatic nitrogens is 3. The third-order valence-corrected chi connectivity index (χ3v) is 10.2. The van der Waals surface area contributed by atoms with E-state index in [1.807, 2.05) is 0 Å². The van der Waals surface area contributed by atoms with Crippen LogP contribution in [0.4, 0.5) is 28.8 Å². The number of hydrogen-bond acceptors (Lipinski definition) is 8. The van der Waals surface area contributed by atoms with Crippen molar-refractivity contribution < 1.29 is 9.47 Å². The number of anilines is 5. The molecule has 8 nitrogen and oxygen atoms in total. The van der Waals surface area contributed by atoms with Crippen LogP contribution in [0.2, 0.25) is 0 Å². The van der Waals surface area contributed by atoms with Gasteiger partial charge in [0.1, 0.15) is 11.6 Å². The Balaban J connectivity index is 1.20. The number of pyridine rings is 1. The maximum absolute atomic E-state index is 5.86. The normalized spacial score (nSPS) is 17.1. The zero-order valence-corrected chi connectivity index (χ0v) is 26.8. The highest BCUT2D eigenvalue weighted by Gasteiger charge is 2.30. The van der Waals surface area contributed by atoms with Gasteiger partial charge in [0.15, 0.2) is 0 Å². The van der Waals surface area contributed by atoms with Crippen LogP contribution >= 0.6 is 23.9 Å². The van der Waals surface area contributed by atoms with Crippen molar-refractivity contribution in [1.82, 2.24) is 15.0 Å². The molecule has 0 radical (unpaired) electrons. The lowest BCUT2D eigenvalue weighted by molar-refractivity contribution is 0.122. The van der Waals surface area contributed by atoms with E-state index in [1.165, 1.54) is 47.6 Å². The van der Waals surface area contributed by atoms with Crippen LogP contribution in [0.1, 0.15) is 48.8 Å². The molecule has 0 amide bonds. The minimum atomic E-state index is -0.401. The second-order valence-electron chi connectivity index (χ2n) is 11.6. The van der Waals surface area contributed by atoms with Crippen LogP contribution < -0.4 is 25.6 Å². The van der Waals surface area contributed by atoms with Gasteiger partial charge in [-0.1, -0.05) is 14.0 Å². The summed E-state index contributed by atoms with van der Waals surface area (Å²) in [6.45, 7) is 7.78. The number of benzene rings is 2. The SMILES string of the molecule is COc1cc(Nc2ncc(Br)c(Nc3ccc4nc(C5CC5)ccc4c3P(C)C)n2)c(C2CC2)cc1N1CCOCC1. The first-order chi connectivity index (χ1) is 20.5. The fraction of sp³-hybridized carbons (Fsp3) is 0.406. The van der Waals surface area contributed by atoms with Gasteiger partial charge in [-0.3, -0.25) is 4.98 Å². The summed E-state index contributed by atoms with van der Waals surface area (Å²) in [7, 11) is 1.33. The molecule has 3 fully saturated rings. The lowest BCUT2D eigenvalue weighted by Gasteiger charge is -2.31. The van der Waals surface area contributed by atoms with Gasteiger partial charge in [0, 0.05) is 59.0 Å². The molecule has 2 N–H and O–H groups in total. The Bertz CT molecular complexity index is 1640. The first-order valence-corrected chi connectivity index (χ1v) is 17.7. The molecule has 3 aliphatic rings. The quantitative estimate of drug-likeness (QED) is 0.184. The van der Waals surface area contributed by atoms with Crippen molar-refractivity contribution in [2.24, 2.45) is 0 Å². The third-order valence-electron chi connectivity index (χ3n) is 8.27. The monoisotopic (exact) mass is 646 g/mol. The maximum atomic E-state index is 5.86. The van der Waals surface area contributed by atoms with Gasteiger partial charge in [-0.05, 0) is 90.7 Å². The standard InChI is InChI=1S/C32H36BrN6O2P/c1-40-29-17-27(22(19-4-5-19)16-28(29)39-12-14-41-15-13-39)37-32-34-18-23(33)31(38-32)36-26-11-10-25-21(30(26)42(2)3)8-9-24(35-25)20-6-7-20/h8-11,16-20H,4-7,12-15H2,1-3H3,(H2,34,36,37,38). The number of morpholine rings is 1. The Labute approximate surface area is 256 Å². The minimum Gasteiger partial charge on any atom is -0.495 e. The minimum absolute atomic E-state index is 0.401. The van der Waals surface area contributed by atoms with Gasteiger partial charge in [-0.15, -0.1) is 0 Å². The van der Waals surface area contributed by atoms with Crippen molar-refractivity contribution in [2.45, 2.75) is 37.5 Å². The fourth-order valence-corrected chi connectivity index (χ4v) is 7.37. The van der Waals surface area contributed by atoms with Gasteiger partial charge in [0.2, 0.25) is 5.95 Å². The molecule has 7 rings (SSSR count). The van der Waals surface area contributed by atoms with Gasteiger partial charge >= 0.3 is 0 Å². The van der Waals surface area contributed by atoms with Crippen molar-refractivity contribution in [3.63, 3.8) is 0 Å². The topological polar surface area (TPSA) is 84.4 Å². The van der Waals surface area contributed by atoms with E-state index in [2.05, 4.69) is 86.2 Å². The highest BCUT2D eigenvalue weighted by atomic mass is 79.9. The Morgan fingerprint density at radius 1 is 0.952 bits per heavy atom. The van der Waals surface area contributed by atoms with E-state index >= 15 is 0 Å². The summed E-state index contributed by atoms with van der Waals surface area (Å²) in [5.41, 5.74) is 6.76. The molecule has 1 saturated heterocycles. The van der Waals surface area contributed by atoms with E-state index in [-0.39, 0.29) is 0 Å². The number of halogens is 1. The summed E-state index contributed by atoms with van der Waals surface area (Å²) < 4.78 is 12.3. The summed E-state index contributed by atoms with van der Waals surface area (Å²) in [5.74, 6) is 3.28. The van der Waals surface area contributed by atoms with Crippen molar-refractivity contribution in [2.75, 3.05) is 62.3 Å². The van der Waals surface area contributed by atoms with E-state index in [9.17, 15) is 0 Å². The highest BCUT2D eigenvalue weighted by molar-refractivity contribution is 9.10. The fourth-order valence-electron chi connectivity index (χ4n) is 5.80. The third kappa shape index (κ3) is 5.67. The molecule has 0 unspecified atom stereocenters. The zero-order valence-electron chi connectivity index (χ0n) is 24.3. The summed E-state index contributed by atoms with van der Waals surface area (Å²) in [6, 6.07) is 13.1. The van der Waals surface area contributed by atoms with Crippen molar-refractivity contribution >= 4 is 68.9 Å². The Morgan fingerprint density at radius 3 is 2.45 bits per heavy atom. The highest BCUT2D eigenvalue weighted by Crippen LogP contribution is 2.48. The molecule has 2 aliphatic carbocycles. The molecule has 42 heavy (non-hydrogen) atoms. The molecule has 2 saturated carbocycles. The predicted octanol–water partition coefficient (Wildman–Crippen LogP) is 7.24. The number of hydrogen-bond donors (Lipinski definition) is 2. The summed E-state index contributed by atoms with van der Waals surface area (Å²) in [6.07, 6.45) is 6.69. The van der Waals surface area contributed by atoms with Gasteiger partial charge in [-0.25, -0.2) is 4.98 Å². The van der Waals surface area contributed by atoms with Gasteiger partial charge in [0.05, 0.1) is 36.0 Å². The molecule has 0 atom stereocenters. The van der Waals surface area contributed by atoms with E-state index in [4.69, 9.17) is 19.4 Å². The van der Waals surface area contributed by atoms with Crippen LogP contribution in [-0.2, 0) is 4.74 Å². The van der Waals surface area contributed by atoms with Crippen molar-refractivity contribution in [3.05, 3.63) is 58.3 Å². The molecule has 2 aromatic heterocycles. The van der Waals surface area contributed by atoms with E-state index in [0.29, 0.717) is 17.8 Å². The molecule has 218 valence electrons. The largest absolute Gasteiger partial charge is 0.495 e. The predicted molar refractivity (Wildman–Crippen MR) is 176 cm³/mol. The van der Waals surface area contributed by atoms with Gasteiger partial charge < -0.3 is 25.0 Å². The van der Waals surface area contributed by atoms with Crippen molar-refractivity contribution in [1.29, 1.82) is 0 Å². The number of nitrogens with zero attached hydrogens (tertiary/aromatic N) is 4. The van der Waals surface area contributed by atoms with E-state index < -0.39 is 7.92 Å². The molecule has 10 heteroatoms. The average molecular weight is 648 g/mol. The Hall–Kier alpha value is -3.00. The summed E-state index contributed by atoms with van der Waals surface area (Å²) >= 11 is 3.68. The summed E-state index contributed by atoms with van der Waals surface area (Å²) in [4.78, 5) is 16.9. The van der Waals surface area contributed by atoms with E-state index in [1.54, 1.807) is 13.3 Å². The van der Waals surface area contributed by atoms with Crippen LogP contribution in [0, 0.1) is 0 Å². The first-order valence-electron chi connectivity index (χ1n) is 14.7. The lowest BCUT2D eigenvalue weighted by atomic mass is 10.1. The van der Waals surface area contributed by atoms with Crippen LogP contribution in [0.25, 0.3) is 10.9 Å². The number of methoxy groups -OCH3 is 1. The van der Waals surface area contributed by atoms with E-state index in [0.717, 1.165) is 64.9 Å². The van der Waals surface area contributed by atoms with Crippen LogP contribution in [-0.4, -0.2) is 61.7 Å². The molecule has 4 aromatic rings. The molecule has 0 bridgehead atoms. The molecular formula is C32H36BrN6O2P. The Morgan fingerprint density at radius 2 is 1.74 bits per heavy atom. The van der Waals surface area contributed by atoms with Crippen molar-refractivity contribution in [3.8, 4) is 5.75 Å². The van der Waals surface area contributed by atoms with Crippen LogP contribution in [0.5, 0.6) is 5.75 Å². The molecule has 1 aliphatic heterocycles. The second kappa shape index (κ2) is 11.6. The molecular weight excluding hydrogens is 611 g/mol. The zero-order chi connectivity index (χ0) is 28.8. The van der Waals surface area contributed by atoms with Crippen LogP contribution in [0.15, 0.2) is 47.1 Å². The molecule has 2 aromatic carbocycles. The number of nitrogens with one attached hydrogen (secondary N) is 2. The lowest BCUT2D eigenvalue weighted by Crippen LogP contribution is -2.36. The maximum Gasteiger partial charge on any atom is 0.229 e. The Kier molecular flexibility index (Phi) is 7.67. The molecule has 3 heterocycles. The number of rotatable bonds is 9. The first kappa shape index (κ1) is 27.8. The number of fused-ring (bicyclic) bond motifs is 1. The molecule has 0 spiro atoms.